The van der Waals surface area contributed by atoms with Crippen molar-refractivity contribution in [1.29, 1.82) is 0 Å². The van der Waals surface area contributed by atoms with Crippen molar-refractivity contribution >= 4 is 34.4 Å². The first-order chi connectivity index (χ1) is 15.9. The van der Waals surface area contributed by atoms with E-state index < -0.39 is 0 Å². The largest absolute Gasteiger partial charge is 0.293 e. The highest BCUT2D eigenvalue weighted by molar-refractivity contribution is 7.80. The summed E-state index contributed by atoms with van der Waals surface area (Å²) in [7, 11) is 0. The van der Waals surface area contributed by atoms with Crippen LogP contribution < -0.4 is 4.90 Å². The van der Waals surface area contributed by atoms with Crippen LogP contribution in [0.25, 0.3) is 0 Å². The number of halogens is 1. The van der Waals surface area contributed by atoms with Gasteiger partial charge in [-0.3, -0.25) is 9.80 Å². The molecule has 174 valence electrons. The molecule has 3 fully saturated rings. The number of nitrogens with zero attached hydrogens (tertiary/aromatic N) is 3. The minimum absolute atomic E-state index is 0.0718. The van der Waals surface area contributed by atoms with Gasteiger partial charge in [-0.2, -0.15) is 0 Å². The minimum Gasteiger partial charge on any atom is -0.293 e. The standard InChI is InChI=1S/C28H34FN3S/c1-19-17-20(2)24(21(3)18-19)30-26-25(31-15-7-8-16-31)28(13-5-4-6-14-28)27(33)32(26)23-11-9-22(29)10-12-23/h9-12,17-18,25H,4-8,13-16H2,1-3H3. The quantitative estimate of drug-likeness (QED) is 0.455. The van der Waals surface area contributed by atoms with Crippen LogP contribution in [0.3, 0.4) is 0 Å². The number of hydrogen-bond acceptors (Lipinski definition) is 3. The van der Waals surface area contributed by atoms with Gasteiger partial charge in [-0.15, -0.1) is 0 Å². The number of aliphatic imine (C=N–C) groups is 1. The van der Waals surface area contributed by atoms with E-state index in [1.54, 1.807) is 0 Å². The lowest BCUT2D eigenvalue weighted by atomic mass is 9.70. The molecule has 1 spiro atoms. The summed E-state index contributed by atoms with van der Waals surface area (Å²) in [5.74, 6) is 0.807. The Labute approximate surface area is 202 Å². The molecule has 2 saturated heterocycles. The van der Waals surface area contributed by atoms with Gasteiger partial charge in [0.1, 0.15) is 11.7 Å². The van der Waals surface area contributed by atoms with Crippen LogP contribution in [0, 0.1) is 32.0 Å². The van der Waals surface area contributed by atoms with Crippen LogP contribution in [0.5, 0.6) is 0 Å². The normalized spacial score (nSPS) is 24.4. The van der Waals surface area contributed by atoms with Crippen molar-refractivity contribution in [1.82, 2.24) is 4.90 Å². The highest BCUT2D eigenvalue weighted by Crippen LogP contribution is 2.51. The average molecular weight is 464 g/mol. The van der Waals surface area contributed by atoms with Gasteiger partial charge in [-0.1, -0.05) is 49.2 Å². The van der Waals surface area contributed by atoms with Crippen LogP contribution in [0.2, 0.25) is 0 Å². The summed E-state index contributed by atoms with van der Waals surface area (Å²) < 4.78 is 13.8. The van der Waals surface area contributed by atoms with Crippen LogP contribution in [-0.2, 0) is 0 Å². The second kappa shape index (κ2) is 8.92. The lowest BCUT2D eigenvalue weighted by Crippen LogP contribution is -2.49. The zero-order chi connectivity index (χ0) is 23.2. The average Bonchev–Trinajstić information content (AvgIpc) is 3.38. The zero-order valence-electron chi connectivity index (χ0n) is 20.0. The highest BCUT2D eigenvalue weighted by Gasteiger charge is 2.57. The fourth-order valence-corrected chi connectivity index (χ4v) is 6.92. The molecule has 2 heterocycles. The molecule has 0 radical (unpaired) electrons. The predicted octanol–water partition coefficient (Wildman–Crippen LogP) is 7.04. The molecule has 0 amide bonds. The summed E-state index contributed by atoms with van der Waals surface area (Å²) in [6.45, 7) is 8.62. The first-order valence-electron chi connectivity index (χ1n) is 12.4. The molecule has 1 aliphatic carbocycles. The zero-order valence-corrected chi connectivity index (χ0v) is 20.8. The summed E-state index contributed by atoms with van der Waals surface area (Å²) >= 11 is 6.30. The molecule has 1 saturated carbocycles. The third-order valence-electron chi connectivity index (χ3n) is 7.82. The van der Waals surface area contributed by atoms with Gasteiger partial charge < -0.3 is 0 Å². The Kier molecular flexibility index (Phi) is 6.13. The van der Waals surface area contributed by atoms with Gasteiger partial charge in [0.25, 0.3) is 0 Å². The Hall–Kier alpha value is -2.11. The van der Waals surface area contributed by atoms with Crippen molar-refractivity contribution in [3.63, 3.8) is 0 Å². The SMILES string of the molecule is Cc1cc(C)c(N=C2C(N3CCCC3)C3(CCCCC3)C(=S)N2c2ccc(F)cc2)c(C)c1. The van der Waals surface area contributed by atoms with Crippen molar-refractivity contribution in [2.24, 2.45) is 10.4 Å². The lowest BCUT2D eigenvalue weighted by Gasteiger charge is -2.41. The molecule has 3 nitrogen and oxygen atoms in total. The molecule has 33 heavy (non-hydrogen) atoms. The molecule has 0 aromatic heterocycles. The maximum atomic E-state index is 13.8. The van der Waals surface area contributed by atoms with Gasteiger partial charge in [0.05, 0.1) is 16.7 Å². The smallest absolute Gasteiger partial charge is 0.133 e. The summed E-state index contributed by atoms with van der Waals surface area (Å²) in [5, 5.41) is 0. The Morgan fingerprint density at radius 1 is 0.909 bits per heavy atom. The van der Waals surface area contributed by atoms with Crippen molar-refractivity contribution in [2.45, 2.75) is 71.8 Å². The number of hydrogen-bond donors (Lipinski definition) is 0. The minimum atomic E-state index is -0.226. The number of thiocarbonyl (C=S) groups is 1. The maximum Gasteiger partial charge on any atom is 0.133 e. The molecule has 2 aliphatic heterocycles. The Bertz CT molecular complexity index is 1060. The van der Waals surface area contributed by atoms with E-state index in [9.17, 15) is 4.39 Å². The van der Waals surface area contributed by atoms with Gasteiger partial charge >= 0.3 is 0 Å². The van der Waals surface area contributed by atoms with Gasteiger partial charge in [-0.05, 0) is 94.9 Å². The third-order valence-corrected chi connectivity index (χ3v) is 8.41. The van der Waals surface area contributed by atoms with E-state index in [4.69, 9.17) is 17.2 Å². The fraction of sp³-hybridized carbons (Fsp3) is 0.500. The molecule has 0 bridgehead atoms. The molecule has 5 rings (SSSR count). The van der Waals surface area contributed by atoms with E-state index in [1.165, 1.54) is 60.9 Å². The fourth-order valence-electron chi connectivity index (χ4n) is 6.41. The highest BCUT2D eigenvalue weighted by atomic mass is 32.1. The first-order valence-corrected chi connectivity index (χ1v) is 12.8. The van der Waals surface area contributed by atoms with E-state index in [1.807, 2.05) is 12.1 Å². The predicted molar refractivity (Wildman–Crippen MR) is 139 cm³/mol. The number of rotatable bonds is 3. The van der Waals surface area contributed by atoms with Crippen molar-refractivity contribution in [3.8, 4) is 0 Å². The Morgan fingerprint density at radius 2 is 1.52 bits per heavy atom. The molecule has 1 unspecified atom stereocenters. The van der Waals surface area contributed by atoms with E-state index in [2.05, 4.69) is 42.7 Å². The topological polar surface area (TPSA) is 18.8 Å². The van der Waals surface area contributed by atoms with E-state index >= 15 is 0 Å². The molecule has 3 aliphatic rings. The second-order valence-electron chi connectivity index (χ2n) is 10.2. The van der Waals surface area contributed by atoms with Gasteiger partial charge in [0.15, 0.2) is 0 Å². The lowest BCUT2D eigenvalue weighted by molar-refractivity contribution is 0.155. The summed E-state index contributed by atoms with van der Waals surface area (Å²) in [6.07, 6.45) is 8.36. The molecular formula is C28H34FN3S. The number of anilines is 1. The molecule has 5 heteroatoms. The van der Waals surface area contributed by atoms with Crippen molar-refractivity contribution in [3.05, 3.63) is 58.9 Å². The van der Waals surface area contributed by atoms with Crippen LogP contribution in [0.15, 0.2) is 41.4 Å². The Balaban J connectivity index is 1.73. The van der Waals surface area contributed by atoms with Crippen LogP contribution in [0.4, 0.5) is 15.8 Å². The second-order valence-corrected chi connectivity index (χ2v) is 10.6. The summed E-state index contributed by atoms with van der Waals surface area (Å²) in [4.78, 5) is 11.2. The maximum absolute atomic E-state index is 13.8. The van der Waals surface area contributed by atoms with Gasteiger partial charge in [0, 0.05) is 11.1 Å². The molecule has 0 N–H and O–H groups in total. The van der Waals surface area contributed by atoms with Crippen LogP contribution in [-0.4, -0.2) is 34.9 Å². The molecule has 2 aromatic rings. The van der Waals surface area contributed by atoms with E-state index in [0.717, 1.165) is 48.1 Å². The van der Waals surface area contributed by atoms with E-state index in [0.29, 0.717) is 0 Å². The van der Waals surface area contributed by atoms with E-state index in [-0.39, 0.29) is 17.3 Å². The number of aryl methyl sites for hydroxylation is 3. The van der Waals surface area contributed by atoms with Crippen molar-refractivity contribution < 1.29 is 4.39 Å². The number of likely N-dealkylation sites (tertiary alicyclic amines) is 1. The van der Waals surface area contributed by atoms with Gasteiger partial charge in [-0.25, -0.2) is 9.38 Å². The molecule has 1 atom stereocenters. The monoisotopic (exact) mass is 463 g/mol. The van der Waals surface area contributed by atoms with Crippen molar-refractivity contribution in [2.75, 3.05) is 18.0 Å². The number of amidine groups is 1. The Morgan fingerprint density at radius 3 is 2.12 bits per heavy atom. The molecule has 2 aromatic carbocycles. The van der Waals surface area contributed by atoms with Crippen LogP contribution in [0.1, 0.15) is 61.6 Å². The van der Waals surface area contributed by atoms with Crippen LogP contribution >= 0.6 is 12.2 Å². The number of benzene rings is 2. The molecular weight excluding hydrogens is 429 g/mol. The third kappa shape index (κ3) is 3.93. The van der Waals surface area contributed by atoms with Gasteiger partial charge in [0.2, 0.25) is 0 Å². The summed E-state index contributed by atoms with van der Waals surface area (Å²) in [5.41, 5.74) is 5.53. The summed E-state index contributed by atoms with van der Waals surface area (Å²) in [6, 6.07) is 11.4. The first kappa shape index (κ1) is 22.7.